The van der Waals surface area contributed by atoms with Gasteiger partial charge in [-0.3, -0.25) is 14.4 Å². The Morgan fingerprint density at radius 1 is 1.31 bits per heavy atom. The molecule has 0 bridgehead atoms. The van der Waals surface area contributed by atoms with Crippen LogP contribution < -0.4 is 5.73 Å². The fourth-order valence-corrected chi connectivity index (χ4v) is 4.53. The van der Waals surface area contributed by atoms with Gasteiger partial charge >= 0.3 is 5.97 Å². The lowest BCUT2D eigenvalue weighted by atomic mass is 9.74. The van der Waals surface area contributed by atoms with Crippen molar-refractivity contribution < 1.29 is 23.9 Å². The van der Waals surface area contributed by atoms with Crippen molar-refractivity contribution in [2.24, 2.45) is 11.7 Å². The standard InChI is InChI=1S/C27H31ClN2O5/c1-6-15(3)10-11-17-13-18-19(14-30(17)12-8-9-20(29)31)22-21(24(32)16(4)7-2)26(34)35-27(22,5)25(33)23(18)28/h7,10-11,13-15H,6,8-9,12H2,1-5H3,(H2,29,31)/t15-,27+/m1/s1. The number of esters is 1. The summed E-state index contributed by atoms with van der Waals surface area (Å²) in [4.78, 5) is 52.6. The number of rotatable bonds is 9. The fraction of sp³-hybridized carbons (Fsp3) is 0.407. The first-order chi connectivity index (χ1) is 16.5. The Balaban J connectivity index is 2.23. The molecule has 0 saturated carbocycles. The highest BCUT2D eigenvalue weighted by atomic mass is 35.5. The lowest BCUT2D eigenvalue weighted by Crippen LogP contribution is -2.43. The molecular formula is C27H31ClN2O5. The van der Waals surface area contributed by atoms with Gasteiger partial charge in [0.1, 0.15) is 5.57 Å². The normalized spacial score (nSPS) is 23.3. The predicted octanol–water partition coefficient (Wildman–Crippen LogP) is 4.16. The van der Waals surface area contributed by atoms with E-state index in [0.717, 1.165) is 12.1 Å². The van der Waals surface area contributed by atoms with Crippen molar-refractivity contribution in [1.29, 1.82) is 0 Å². The van der Waals surface area contributed by atoms with E-state index in [0.29, 0.717) is 35.6 Å². The summed E-state index contributed by atoms with van der Waals surface area (Å²) < 4.78 is 5.50. The van der Waals surface area contributed by atoms with E-state index in [-0.39, 0.29) is 22.6 Å². The van der Waals surface area contributed by atoms with Gasteiger partial charge in [0, 0.05) is 41.6 Å². The Morgan fingerprint density at radius 3 is 2.60 bits per heavy atom. The Hall–Kier alpha value is -3.19. The Kier molecular flexibility index (Phi) is 7.70. The number of nitrogens with zero attached hydrogens (tertiary/aromatic N) is 1. The van der Waals surface area contributed by atoms with Gasteiger partial charge < -0.3 is 15.4 Å². The van der Waals surface area contributed by atoms with E-state index in [1.54, 1.807) is 32.2 Å². The van der Waals surface area contributed by atoms with E-state index >= 15 is 0 Å². The van der Waals surface area contributed by atoms with Crippen molar-refractivity contribution in [1.82, 2.24) is 4.90 Å². The number of halogens is 1. The summed E-state index contributed by atoms with van der Waals surface area (Å²) in [5.41, 5.74) is 5.74. The summed E-state index contributed by atoms with van der Waals surface area (Å²) in [5.74, 6) is -1.98. The van der Waals surface area contributed by atoms with Gasteiger partial charge in [-0.1, -0.05) is 44.0 Å². The molecule has 0 unspecified atom stereocenters. The number of nitrogens with two attached hydrogens (primary N) is 1. The molecule has 2 atom stereocenters. The van der Waals surface area contributed by atoms with Gasteiger partial charge in [-0.2, -0.15) is 0 Å². The Morgan fingerprint density at radius 2 is 2.00 bits per heavy atom. The second-order valence-corrected chi connectivity index (χ2v) is 9.53. The Labute approximate surface area is 210 Å². The van der Waals surface area contributed by atoms with Gasteiger partial charge in [0.25, 0.3) is 0 Å². The van der Waals surface area contributed by atoms with Crippen LogP contribution in [0.5, 0.6) is 0 Å². The molecule has 35 heavy (non-hydrogen) atoms. The lowest BCUT2D eigenvalue weighted by Gasteiger charge is -2.36. The molecule has 0 fully saturated rings. The van der Waals surface area contributed by atoms with Gasteiger partial charge in [-0.05, 0) is 50.8 Å². The molecule has 0 spiro atoms. The minimum atomic E-state index is -1.70. The minimum Gasteiger partial charge on any atom is -0.442 e. The van der Waals surface area contributed by atoms with Gasteiger partial charge in [-0.25, -0.2) is 4.79 Å². The first-order valence-corrected chi connectivity index (χ1v) is 12.1. The second-order valence-electron chi connectivity index (χ2n) is 9.15. The summed E-state index contributed by atoms with van der Waals surface area (Å²) in [6.07, 6.45) is 10.8. The number of carbonyl (C=O) groups excluding carboxylic acids is 4. The molecular weight excluding hydrogens is 468 g/mol. The van der Waals surface area contributed by atoms with Crippen LogP contribution in [0.15, 0.2) is 69.1 Å². The first-order valence-electron chi connectivity index (χ1n) is 11.7. The molecule has 1 aliphatic carbocycles. The van der Waals surface area contributed by atoms with E-state index in [2.05, 4.69) is 19.9 Å². The SMILES string of the molecule is CC=C(C)C(=O)C1=C2C3=CN(CCCC(N)=O)C(C=C[C@H](C)CC)=CC3=C(Cl)C(=O)[C@@]2(C)OC1=O. The maximum Gasteiger partial charge on any atom is 0.343 e. The summed E-state index contributed by atoms with van der Waals surface area (Å²) >= 11 is 6.54. The summed E-state index contributed by atoms with van der Waals surface area (Å²) in [5, 5.41) is -0.0574. The average Bonchev–Trinajstić information content (AvgIpc) is 3.10. The highest BCUT2D eigenvalue weighted by molar-refractivity contribution is 6.46. The molecule has 3 rings (SSSR count). The number of Topliss-reactive ketones (excluding diaryl/α,β-unsaturated/α-hetero) is 2. The highest BCUT2D eigenvalue weighted by Crippen LogP contribution is 2.50. The predicted molar refractivity (Wildman–Crippen MR) is 134 cm³/mol. The first kappa shape index (κ1) is 26.4. The van der Waals surface area contributed by atoms with Crippen LogP contribution in [0, 0.1) is 5.92 Å². The molecule has 2 heterocycles. The summed E-state index contributed by atoms with van der Waals surface area (Å²) in [6, 6.07) is 0. The van der Waals surface area contributed by atoms with Crippen molar-refractivity contribution >= 4 is 35.0 Å². The number of primary amides is 1. The third-order valence-electron chi connectivity index (χ3n) is 6.65. The van der Waals surface area contributed by atoms with Crippen LogP contribution in [0.3, 0.4) is 0 Å². The molecule has 7 nitrogen and oxygen atoms in total. The minimum absolute atomic E-state index is 0.0574. The van der Waals surface area contributed by atoms with Gasteiger partial charge in [0.15, 0.2) is 11.4 Å². The molecule has 0 aromatic carbocycles. The van der Waals surface area contributed by atoms with Crippen molar-refractivity contribution in [3.8, 4) is 0 Å². The van der Waals surface area contributed by atoms with Crippen molar-refractivity contribution in [2.45, 2.75) is 59.5 Å². The molecule has 1 amide bonds. The molecule has 0 radical (unpaired) electrons. The molecule has 2 aliphatic heterocycles. The van der Waals surface area contributed by atoms with E-state index in [9.17, 15) is 19.2 Å². The number of amides is 1. The zero-order valence-electron chi connectivity index (χ0n) is 20.7. The molecule has 0 aromatic rings. The largest absolute Gasteiger partial charge is 0.442 e. The van der Waals surface area contributed by atoms with Gasteiger partial charge in [0.2, 0.25) is 11.7 Å². The van der Waals surface area contributed by atoms with E-state index in [1.165, 1.54) is 6.92 Å². The zero-order valence-corrected chi connectivity index (χ0v) is 21.5. The van der Waals surface area contributed by atoms with Crippen molar-refractivity contribution in [2.75, 3.05) is 6.54 Å². The third kappa shape index (κ3) is 4.82. The fourth-order valence-electron chi connectivity index (χ4n) is 4.20. The van der Waals surface area contributed by atoms with E-state index in [4.69, 9.17) is 22.1 Å². The molecule has 186 valence electrons. The van der Waals surface area contributed by atoms with Crippen LogP contribution in [-0.2, 0) is 23.9 Å². The quantitative estimate of drug-likeness (QED) is 0.290. The zero-order chi connectivity index (χ0) is 26.1. The van der Waals surface area contributed by atoms with Crippen LogP contribution in [0.1, 0.15) is 53.9 Å². The lowest BCUT2D eigenvalue weighted by molar-refractivity contribution is -0.153. The maximum absolute atomic E-state index is 13.3. The summed E-state index contributed by atoms with van der Waals surface area (Å²) in [6.45, 7) is 9.41. The number of fused-ring (bicyclic) bond motifs is 3. The molecule has 8 heteroatoms. The average molecular weight is 499 g/mol. The molecule has 0 saturated heterocycles. The number of carbonyl (C=O) groups is 4. The van der Waals surface area contributed by atoms with Crippen LogP contribution in [-0.4, -0.2) is 40.5 Å². The number of ether oxygens (including phenoxy) is 1. The number of allylic oxidation sites excluding steroid dienone is 6. The number of ketones is 2. The van der Waals surface area contributed by atoms with Crippen LogP contribution in [0.25, 0.3) is 0 Å². The smallest absolute Gasteiger partial charge is 0.343 e. The number of hydrogen-bond acceptors (Lipinski definition) is 6. The van der Waals surface area contributed by atoms with Crippen molar-refractivity contribution in [3.05, 3.63) is 69.1 Å². The monoisotopic (exact) mass is 498 g/mol. The van der Waals surface area contributed by atoms with Gasteiger partial charge in [-0.15, -0.1) is 0 Å². The van der Waals surface area contributed by atoms with E-state index < -0.39 is 29.0 Å². The highest BCUT2D eigenvalue weighted by Gasteiger charge is 2.57. The van der Waals surface area contributed by atoms with E-state index in [1.807, 2.05) is 11.0 Å². The van der Waals surface area contributed by atoms with Crippen molar-refractivity contribution in [3.63, 3.8) is 0 Å². The molecule has 2 N–H and O–H groups in total. The molecule has 0 aromatic heterocycles. The Bertz CT molecular complexity index is 1180. The molecule has 3 aliphatic rings. The van der Waals surface area contributed by atoms with Crippen LogP contribution in [0.4, 0.5) is 0 Å². The van der Waals surface area contributed by atoms with Crippen LogP contribution >= 0.6 is 11.6 Å². The number of hydrogen-bond donors (Lipinski definition) is 1. The maximum atomic E-state index is 13.3. The summed E-state index contributed by atoms with van der Waals surface area (Å²) in [7, 11) is 0. The van der Waals surface area contributed by atoms with Gasteiger partial charge in [0.05, 0.1) is 5.03 Å². The second kappa shape index (κ2) is 10.2. The topological polar surface area (TPSA) is 107 Å². The van der Waals surface area contributed by atoms with Crippen LogP contribution in [0.2, 0.25) is 0 Å². The third-order valence-corrected chi connectivity index (χ3v) is 7.02.